The summed E-state index contributed by atoms with van der Waals surface area (Å²) in [5.74, 6) is -1.11. The predicted molar refractivity (Wildman–Crippen MR) is 77.8 cm³/mol. The van der Waals surface area contributed by atoms with Crippen molar-refractivity contribution in [2.45, 2.75) is 19.0 Å². The number of carboxylic acids is 1. The Balaban J connectivity index is 0.00000200. The molecule has 1 fully saturated rings. The number of benzene rings is 1. The molecule has 6 heteroatoms. The van der Waals surface area contributed by atoms with Gasteiger partial charge in [-0.15, -0.1) is 0 Å². The maximum atomic E-state index is 12.3. The Morgan fingerprint density at radius 3 is 2.50 bits per heavy atom. The Hall–Kier alpha value is -1.28. The standard InChI is InChI=1S/C14H18N2O3.Li.H/c1-10-14(19)16(9-13(17)18)12(8-15(10)2)11-6-4-3-5-7-11;;/h3-7,10,12H,8-9H2,1-2H3,(H,17,18);;. The molecule has 0 spiro atoms. The quantitative estimate of drug-likeness (QED) is 0.804. The summed E-state index contributed by atoms with van der Waals surface area (Å²) < 4.78 is 0. The third kappa shape index (κ3) is 3.43. The van der Waals surface area contributed by atoms with E-state index in [1.54, 1.807) is 6.92 Å². The van der Waals surface area contributed by atoms with Crippen molar-refractivity contribution in [3.63, 3.8) is 0 Å². The summed E-state index contributed by atoms with van der Waals surface area (Å²) in [6.45, 7) is 2.19. The number of hydrogen-bond donors (Lipinski definition) is 1. The average Bonchev–Trinajstić information content (AvgIpc) is 2.40. The van der Waals surface area contributed by atoms with Crippen LogP contribution in [0.1, 0.15) is 18.5 Å². The van der Waals surface area contributed by atoms with Crippen molar-refractivity contribution in [1.29, 1.82) is 0 Å². The van der Waals surface area contributed by atoms with Crippen LogP contribution in [0.4, 0.5) is 0 Å². The fourth-order valence-corrected chi connectivity index (χ4v) is 2.41. The fourth-order valence-electron chi connectivity index (χ4n) is 2.41. The van der Waals surface area contributed by atoms with E-state index in [0.29, 0.717) is 6.54 Å². The molecule has 1 aromatic rings. The normalized spacial score (nSPS) is 23.3. The van der Waals surface area contributed by atoms with E-state index in [9.17, 15) is 9.59 Å². The summed E-state index contributed by atoms with van der Waals surface area (Å²) in [6.07, 6.45) is 0. The van der Waals surface area contributed by atoms with Gasteiger partial charge < -0.3 is 10.0 Å². The third-order valence-electron chi connectivity index (χ3n) is 3.63. The molecule has 0 aromatic heterocycles. The van der Waals surface area contributed by atoms with Crippen molar-refractivity contribution in [1.82, 2.24) is 9.80 Å². The maximum absolute atomic E-state index is 12.3. The summed E-state index contributed by atoms with van der Waals surface area (Å²) in [7, 11) is 1.89. The van der Waals surface area contributed by atoms with Gasteiger partial charge in [-0.1, -0.05) is 30.3 Å². The van der Waals surface area contributed by atoms with Crippen LogP contribution in [-0.2, 0) is 9.59 Å². The van der Waals surface area contributed by atoms with Crippen molar-refractivity contribution < 1.29 is 14.7 Å². The molecular weight excluding hydrogens is 251 g/mol. The van der Waals surface area contributed by atoms with Gasteiger partial charge in [0, 0.05) is 6.54 Å². The summed E-state index contributed by atoms with van der Waals surface area (Å²) in [6, 6.07) is 9.08. The second-order valence-corrected chi connectivity index (χ2v) is 4.90. The molecule has 2 unspecified atom stereocenters. The number of rotatable bonds is 3. The fraction of sp³-hybridized carbons (Fsp3) is 0.429. The van der Waals surface area contributed by atoms with E-state index in [1.165, 1.54) is 4.90 Å². The van der Waals surface area contributed by atoms with Crippen LogP contribution in [0.3, 0.4) is 0 Å². The predicted octanol–water partition coefficient (Wildman–Crippen LogP) is 0.326. The third-order valence-corrected chi connectivity index (χ3v) is 3.63. The number of amides is 1. The van der Waals surface area contributed by atoms with E-state index in [2.05, 4.69) is 0 Å². The molecule has 2 atom stereocenters. The number of carbonyl (C=O) groups is 2. The van der Waals surface area contributed by atoms with Crippen LogP contribution in [0.2, 0.25) is 0 Å². The van der Waals surface area contributed by atoms with Crippen molar-refractivity contribution in [2.24, 2.45) is 0 Å². The van der Waals surface area contributed by atoms with Crippen LogP contribution in [-0.4, -0.2) is 71.8 Å². The Bertz CT molecular complexity index is 481. The van der Waals surface area contributed by atoms with Crippen molar-refractivity contribution in [2.75, 3.05) is 20.1 Å². The first kappa shape index (κ1) is 16.8. The zero-order valence-corrected chi connectivity index (χ0v) is 11.1. The number of carbonyl (C=O) groups excluding carboxylic acids is 1. The Kier molecular flexibility index (Phi) is 5.82. The van der Waals surface area contributed by atoms with Crippen LogP contribution < -0.4 is 0 Å². The number of piperazine rings is 1. The Morgan fingerprint density at radius 1 is 1.35 bits per heavy atom. The van der Waals surface area contributed by atoms with E-state index in [1.807, 2.05) is 42.3 Å². The van der Waals surface area contributed by atoms with Crippen LogP contribution in [0.25, 0.3) is 0 Å². The summed E-state index contributed by atoms with van der Waals surface area (Å²) >= 11 is 0. The molecule has 2 rings (SSSR count). The van der Waals surface area contributed by atoms with Gasteiger partial charge in [-0.25, -0.2) is 0 Å². The van der Waals surface area contributed by atoms with Crippen molar-refractivity contribution in [3.8, 4) is 0 Å². The van der Waals surface area contributed by atoms with E-state index < -0.39 is 5.97 Å². The molecule has 1 saturated heterocycles. The second-order valence-electron chi connectivity index (χ2n) is 4.90. The number of carboxylic acid groups (broad SMARTS) is 1. The molecule has 1 N–H and O–H groups in total. The topological polar surface area (TPSA) is 60.9 Å². The van der Waals surface area contributed by atoms with E-state index in [0.717, 1.165) is 5.56 Å². The van der Waals surface area contributed by atoms with Crippen molar-refractivity contribution in [3.05, 3.63) is 35.9 Å². The van der Waals surface area contributed by atoms with E-state index in [-0.39, 0.29) is 43.4 Å². The molecule has 104 valence electrons. The Morgan fingerprint density at radius 2 is 1.95 bits per heavy atom. The summed E-state index contributed by atoms with van der Waals surface area (Å²) in [5.41, 5.74) is 0.968. The molecule has 1 aliphatic heterocycles. The molecule has 1 amide bonds. The van der Waals surface area contributed by atoms with Gasteiger partial charge in [0.25, 0.3) is 0 Å². The number of aliphatic carboxylic acids is 1. The van der Waals surface area contributed by atoms with E-state index in [4.69, 9.17) is 5.11 Å². The van der Waals surface area contributed by atoms with Gasteiger partial charge in [-0.2, -0.15) is 0 Å². The number of likely N-dealkylation sites (N-methyl/N-ethyl adjacent to an activating group) is 1. The van der Waals surface area contributed by atoms with Crippen LogP contribution in [0, 0.1) is 0 Å². The van der Waals surface area contributed by atoms with Gasteiger partial charge in [0.1, 0.15) is 6.54 Å². The second kappa shape index (κ2) is 6.94. The molecule has 1 aliphatic rings. The molecule has 0 radical (unpaired) electrons. The number of hydrogen-bond acceptors (Lipinski definition) is 3. The van der Waals surface area contributed by atoms with Crippen molar-refractivity contribution >= 4 is 30.7 Å². The summed E-state index contributed by atoms with van der Waals surface area (Å²) in [5, 5.41) is 8.99. The van der Waals surface area contributed by atoms with Gasteiger partial charge in [-0.05, 0) is 19.5 Å². The van der Waals surface area contributed by atoms with Crippen LogP contribution in [0.5, 0.6) is 0 Å². The molecule has 20 heavy (non-hydrogen) atoms. The summed E-state index contributed by atoms with van der Waals surface area (Å²) in [4.78, 5) is 26.7. The molecular formula is C14H19LiN2O3. The average molecular weight is 270 g/mol. The van der Waals surface area contributed by atoms with Gasteiger partial charge >= 0.3 is 24.8 Å². The molecule has 0 saturated carbocycles. The molecule has 0 aliphatic carbocycles. The molecule has 5 nitrogen and oxygen atoms in total. The Labute approximate surface area is 130 Å². The monoisotopic (exact) mass is 270 g/mol. The SMILES string of the molecule is CC1C(=O)N(CC(=O)O)C(c2ccccc2)CN1C.[LiH]. The van der Waals surface area contributed by atoms with Gasteiger partial charge in [0.2, 0.25) is 5.91 Å². The first-order valence-electron chi connectivity index (χ1n) is 6.28. The molecule has 0 bridgehead atoms. The minimum absolute atomic E-state index is 0. The number of nitrogens with zero attached hydrogens (tertiary/aromatic N) is 2. The zero-order chi connectivity index (χ0) is 14.0. The van der Waals surface area contributed by atoms with Gasteiger partial charge in [0.15, 0.2) is 0 Å². The molecule has 1 aromatic carbocycles. The van der Waals surface area contributed by atoms with Crippen LogP contribution in [0.15, 0.2) is 30.3 Å². The van der Waals surface area contributed by atoms with Gasteiger partial charge in [-0.3, -0.25) is 14.5 Å². The first-order chi connectivity index (χ1) is 9.00. The first-order valence-corrected chi connectivity index (χ1v) is 6.28. The minimum atomic E-state index is -0.981. The van der Waals surface area contributed by atoms with Crippen LogP contribution >= 0.6 is 0 Å². The van der Waals surface area contributed by atoms with E-state index >= 15 is 0 Å². The molecule has 1 heterocycles. The van der Waals surface area contributed by atoms with Gasteiger partial charge in [0.05, 0.1) is 12.1 Å². The zero-order valence-electron chi connectivity index (χ0n) is 11.1.